The highest BCUT2D eigenvalue weighted by Crippen LogP contribution is 2.23. The van der Waals surface area contributed by atoms with Gasteiger partial charge in [-0.05, 0) is 12.0 Å². The van der Waals surface area contributed by atoms with Gasteiger partial charge in [-0.25, -0.2) is 9.37 Å². The number of aryl methyl sites for hydroxylation is 2. The van der Waals surface area contributed by atoms with E-state index in [1.54, 1.807) is 29.0 Å². The highest BCUT2D eigenvalue weighted by Gasteiger charge is 2.34. The predicted octanol–water partition coefficient (Wildman–Crippen LogP) is 0.767. The standard InChI is InChI=1S/C17H25FN6O/c1-21-5-4-19-16(21)12-24-10-14(18)7-15(24)11-22(2)17(25)6-13-8-20-23(3)9-13/h4-5,8-9,14-15H,6-7,10-12H2,1-3H3/t14-,15-/m0/s1. The summed E-state index contributed by atoms with van der Waals surface area (Å²) < 4.78 is 17.6. The number of amides is 1. The Morgan fingerprint density at radius 3 is 2.88 bits per heavy atom. The molecule has 2 aromatic heterocycles. The molecular weight excluding hydrogens is 323 g/mol. The van der Waals surface area contributed by atoms with Crippen molar-refractivity contribution in [3.63, 3.8) is 0 Å². The summed E-state index contributed by atoms with van der Waals surface area (Å²) in [6.45, 7) is 1.51. The Kier molecular flexibility index (Phi) is 5.17. The Hall–Kier alpha value is -2.22. The van der Waals surface area contributed by atoms with E-state index in [-0.39, 0.29) is 11.9 Å². The number of alkyl halides is 1. The summed E-state index contributed by atoms with van der Waals surface area (Å²) >= 11 is 0. The topological polar surface area (TPSA) is 59.2 Å². The number of nitrogens with zero attached hydrogens (tertiary/aromatic N) is 6. The van der Waals surface area contributed by atoms with E-state index in [0.717, 1.165) is 11.4 Å². The van der Waals surface area contributed by atoms with Gasteiger partial charge in [0.15, 0.2) is 0 Å². The maximum absolute atomic E-state index is 14.0. The molecule has 8 heteroatoms. The fourth-order valence-corrected chi connectivity index (χ4v) is 3.33. The third-order valence-corrected chi connectivity index (χ3v) is 4.77. The van der Waals surface area contributed by atoms with Gasteiger partial charge in [-0.2, -0.15) is 5.10 Å². The molecule has 1 saturated heterocycles. The van der Waals surface area contributed by atoms with Crippen LogP contribution in [0.4, 0.5) is 4.39 Å². The lowest BCUT2D eigenvalue weighted by molar-refractivity contribution is -0.129. The summed E-state index contributed by atoms with van der Waals surface area (Å²) in [5, 5.41) is 4.08. The first-order valence-electron chi connectivity index (χ1n) is 8.48. The number of aromatic nitrogens is 4. The minimum atomic E-state index is -0.855. The number of carbonyl (C=O) groups excluding carboxylic acids is 1. The van der Waals surface area contributed by atoms with Gasteiger partial charge in [0.1, 0.15) is 12.0 Å². The van der Waals surface area contributed by atoms with Gasteiger partial charge in [0.05, 0.1) is 19.2 Å². The molecule has 136 valence electrons. The molecule has 1 aliphatic rings. The van der Waals surface area contributed by atoms with Crippen molar-refractivity contribution in [1.82, 2.24) is 29.1 Å². The van der Waals surface area contributed by atoms with E-state index in [4.69, 9.17) is 0 Å². The number of imidazole rings is 1. The van der Waals surface area contributed by atoms with Crippen LogP contribution in [-0.4, -0.2) is 67.4 Å². The minimum Gasteiger partial charge on any atom is -0.344 e. The SMILES string of the molecule is CN(C[C@@H]1C[C@H](F)CN1Cc1nccn1C)C(=O)Cc1cnn(C)c1. The molecule has 0 unspecified atom stereocenters. The molecule has 25 heavy (non-hydrogen) atoms. The molecule has 0 aliphatic carbocycles. The summed E-state index contributed by atoms with van der Waals surface area (Å²) in [5.41, 5.74) is 0.888. The van der Waals surface area contributed by atoms with Crippen LogP contribution in [0.2, 0.25) is 0 Å². The van der Waals surface area contributed by atoms with E-state index in [9.17, 15) is 9.18 Å². The number of hydrogen-bond acceptors (Lipinski definition) is 4. The first-order valence-corrected chi connectivity index (χ1v) is 8.48. The Morgan fingerprint density at radius 1 is 1.44 bits per heavy atom. The monoisotopic (exact) mass is 348 g/mol. The zero-order chi connectivity index (χ0) is 18.0. The van der Waals surface area contributed by atoms with Crippen LogP contribution in [0.3, 0.4) is 0 Å². The molecular formula is C17H25FN6O. The molecule has 0 bridgehead atoms. The highest BCUT2D eigenvalue weighted by molar-refractivity contribution is 5.78. The smallest absolute Gasteiger partial charge is 0.226 e. The number of hydrogen-bond donors (Lipinski definition) is 0. The molecule has 1 fully saturated rings. The number of carbonyl (C=O) groups is 1. The molecule has 0 radical (unpaired) electrons. The third-order valence-electron chi connectivity index (χ3n) is 4.77. The molecule has 0 saturated carbocycles. The van der Waals surface area contributed by atoms with E-state index in [0.29, 0.717) is 32.5 Å². The lowest BCUT2D eigenvalue weighted by atomic mass is 10.1. The fourth-order valence-electron chi connectivity index (χ4n) is 3.33. The van der Waals surface area contributed by atoms with Crippen molar-refractivity contribution >= 4 is 5.91 Å². The van der Waals surface area contributed by atoms with E-state index in [2.05, 4.69) is 15.0 Å². The summed E-state index contributed by atoms with van der Waals surface area (Å²) in [7, 11) is 5.54. The van der Waals surface area contributed by atoms with Crippen LogP contribution >= 0.6 is 0 Å². The van der Waals surface area contributed by atoms with Crippen molar-refractivity contribution in [2.45, 2.75) is 31.6 Å². The molecule has 0 aromatic carbocycles. The molecule has 1 amide bonds. The van der Waals surface area contributed by atoms with Crippen LogP contribution in [-0.2, 0) is 31.9 Å². The van der Waals surface area contributed by atoms with Gasteiger partial charge in [-0.3, -0.25) is 14.4 Å². The Morgan fingerprint density at radius 2 is 2.24 bits per heavy atom. The van der Waals surface area contributed by atoms with Crippen molar-refractivity contribution in [1.29, 1.82) is 0 Å². The second-order valence-corrected chi connectivity index (χ2v) is 6.84. The molecule has 3 rings (SSSR count). The van der Waals surface area contributed by atoms with Crippen LogP contribution in [0.15, 0.2) is 24.8 Å². The summed E-state index contributed by atoms with van der Waals surface area (Å²) in [6, 6.07) is 0.00884. The molecule has 0 spiro atoms. The second kappa shape index (κ2) is 7.35. The molecule has 2 atom stereocenters. The van der Waals surface area contributed by atoms with Gasteiger partial charge < -0.3 is 9.47 Å². The average molecular weight is 348 g/mol. The van der Waals surface area contributed by atoms with Crippen molar-refractivity contribution in [2.24, 2.45) is 14.1 Å². The zero-order valence-corrected chi connectivity index (χ0v) is 15.0. The molecule has 7 nitrogen and oxygen atoms in total. The highest BCUT2D eigenvalue weighted by atomic mass is 19.1. The van der Waals surface area contributed by atoms with Gasteiger partial charge in [0, 0.05) is 58.9 Å². The first-order chi connectivity index (χ1) is 11.9. The quantitative estimate of drug-likeness (QED) is 0.774. The van der Waals surface area contributed by atoms with E-state index < -0.39 is 6.17 Å². The van der Waals surface area contributed by atoms with Crippen LogP contribution in [0, 0.1) is 0 Å². The van der Waals surface area contributed by atoms with Crippen LogP contribution in [0.1, 0.15) is 17.8 Å². The van der Waals surface area contributed by atoms with Crippen molar-refractivity contribution in [3.8, 4) is 0 Å². The van der Waals surface area contributed by atoms with E-state index >= 15 is 0 Å². The van der Waals surface area contributed by atoms with E-state index in [1.165, 1.54) is 0 Å². The van der Waals surface area contributed by atoms with Gasteiger partial charge in [0.25, 0.3) is 0 Å². The Balaban J connectivity index is 1.59. The van der Waals surface area contributed by atoms with Crippen molar-refractivity contribution in [3.05, 3.63) is 36.2 Å². The van der Waals surface area contributed by atoms with Gasteiger partial charge in [0.2, 0.25) is 5.91 Å². The Bertz CT molecular complexity index is 726. The summed E-state index contributed by atoms with van der Waals surface area (Å²) in [5.74, 6) is 0.927. The lowest BCUT2D eigenvalue weighted by Crippen LogP contribution is -2.41. The van der Waals surface area contributed by atoms with E-state index in [1.807, 2.05) is 31.1 Å². The van der Waals surface area contributed by atoms with Crippen LogP contribution in [0.5, 0.6) is 0 Å². The molecule has 2 aromatic rings. The first kappa shape index (κ1) is 17.6. The van der Waals surface area contributed by atoms with Crippen molar-refractivity contribution in [2.75, 3.05) is 20.1 Å². The van der Waals surface area contributed by atoms with Gasteiger partial charge in [-0.1, -0.05) is 0 Å². The third kappa shape index (κ3) is 4.25. The molecule has 3 heterocycles. The molecule has 1 aliphatic heterocycles. The predicted molar refractivity (Wildman–Crippen MR) is 91.5 cm³/mol. The summed E-state index contributed by atoms with van der Waals surface area (Å²) in [4.78, 5) is 20.5. The number of likely N-dealkylation sites (tertiary alicyclic amines) is 1. The lowest BCUT2D eigenvalue weighted by Gasteiger charge is -2.28. The Labute approximate surface area is 147 Å². The van der Waals surface area contributed by atoms with Gasteiger partial charge in [-0.15, -0.1) is 0 Å². The summed E-state index contributed by atoms with van der Waals surface area (Å²) in [6.07, 6.45) is 7.09. The van der Waals surface area contributed by atoms with Crippen molar-refractivity contribution < 1.29 is 9.18 Å². The maximum Gasteiger partial charge on any atom is 0.226 e. The molecule has 0 N–H and O–H groups in total. The normalized spacial score (nSPS) is 21.0. The number of likely N-dealkylation sites (N-methyl/N-ethyl adjacent to an activating group) is 1. The fraction of sp³-hybridized carbons (Fsp3) is 0.588. The maximum atomic E-state index is 14.0. The number of halogens is 1. The number of rotatable bonds is 6. The average Bonchev–Trinajstić information content (AvgIpc) is 3.23. The second-order valence-electron chi connectivity index (χ2n) is 6.84. The van der Waals surface area contributed by atoms with Gasteiger partial charge >= 0.3 is 0 Å². The minimum absolute atomic E-state index is 0.00884. The largest absolute Gasteiger partial charge is 0.344 e. The van der Waals surface area contributed by atoms with Crippen LogP contribution in [0.25, 0.3) is 0 Å². The zero-order valence-electron chi connectivity index (χ0n) is 15.0. The van der Waals surface area contributed by atoms with Crippen LogP contribution < -0.4 is 0 Å².